The SMILES string of the molecule is C=CC[C@H](CC(=O)OC(C)(C)C)OC(=O)OC(C)(C)C.CC(C)(C)OC(=O)C[C@H]1C[C@@H](CI)OC(=O)O1.CC(C)(C)OC(=O)C[C@H]1C[C@H](CI)OC(=O)O1. The zero-order valence-corrected chi connectivity index (χ0v) is 38.0. The fraction of sp³-hybridized carbons (Fsp3) is 0.784. The van der Waals surface area contributed by atoms with Gasteiger partial charge in [-0.15, -0.1) is 6.58 Å². The van der Waals surface area contributed by atoms with Crippen LogP contribution in [-0.2, 0) is 57.0 Å². The number of halogens is 2. The second kappa shape index (κ2) is 23.5. The average Bonchev–Trinajstić information content (AvgIpc) is 2.93. The number of rotatable bonds is 11. The first kappa shape index (κ1) is 51.4. The molecule has 2 saturated heterocycles. The number of carbonyl (C=O) groups excluding carboxylic acids is 6. The summed E-state index contributed by atoms with van der Waals surface area (Å²) in [7, 11) is 0. The number of cyclic esters (lactones) is 4. The van der Waals surface area contributed by atoms with Gasteiger partial charge in [0.25, 0.3) is 0 Å². The first-order chi connectivity index (χ1) is 24.5. The molecule has 2 fully saturated rings. The van der Waals surface area contributed by atoms with Gasteiger partial charge in [-0.3, -0.25) is 14.4 Å². The lowest BCUT2D eigenvalue weighted by Crippen LogP contribution is -2.37. The molecule has 0 amide bonds. The molecular formula is C37H60I2O15. The third-order valence-electron chi connectivity index (χ3n) is 5.97. The number of hydrogen-bond donors (Lipinski definition) is 0. The zero-order valence-electron chi connectivity index (χ0n) is 33.7. The van der Waals surface area contributed by atoms with Gasteiger partial charge in [-0.1, -0.05) is 51.3 Å². The minimum Gasteiger partial charge on any atom is -0.460 e. The first-order valence-corrected chi connectivity index (χ1v) is 20.6. The summed E-state index contributed by atoms with van der Waals surface area (Å²) in [5.74, 6) is -1.14. The summed E-state index contributed by atoms with van der Waals surface area (Å²) in [6.45, 7) is 24.9. The molecule has 2 heterocycles. The lowest BCUT2D eigenvalue weighted by atomic mass is 10.1. The van der Waals surface area contributed by atoms with Gasteiger partial charge in [-0.05, 0) is 83.1 Å². The molecule has 2 aliphatic heterocycles. The van der Waals surface area contributed by atoms with E-state index in [0.717, 1.165) is 0 Å². The Kier molecular flexibility index (Phi) is 22.4. The highest BCUT2D eigenvalue weighted by atomic mass is 127. The first-order valence-electron chi connectivity index (χ1n) is 17.6. The molecule has 2 aliphatic rings. The molecule has 0 aromatic heterocycles. The minimum atomic E-state index is -0.798. The van der Waals surface area contributed by atoms with Crippen LogP contribution in [0.2, 0.25) is 0 Å². The highest BCUT2D eigenvalue weighted by molar-refractivity contribution is 14.1. The fourth-order valence-corrected chi connectivity index (χ4v) is 5.37. The van der Waals surface area contributed by atoms with Crippen molar-refractivity contribution in [1.82, 2.24) is 0 Å². The Balaban J connectivity index is 0.000000783. The van der Waals surface area contributed by atoms with Crippen LogP contribution in [0.4, 0.5) is 14.4 Å². The van der Waals surface area contributed by atoms with Crippen molar-refractivity contribution in [3.8, 4) is 0 Å². The molecule has 0 aromatic rings. The fourth-order valence-electron chi connectivity index (χ4n) is 4.29. The molecule has 0 saturated carbocycles. The van der Waals surface area contributed by atoms with Crippen LogP contribution in [0.25, 0.3) is 0 Å². The third-order valence-corrected chi connectivity index (χ3v) is 7.94. The highest BCUT2D eigenvalue weighted by Gasteiger charge is 2.33. The molecule has 54 heavy (non-hydrogen) atoms. The lowest BCUT2D eigenvalue weighted by Gasteiger charge is -2.28. The molecule has 0 spiro atoms. The van der Waals surface area contributed by atoms with Gasteiger partial charge in [0, 0.05) is 28.1 Å². The van der Waals surface area contributed by atoms with E-state index in [1.165, 1.54) is 0 Å². The second-order valence-electron chi connectivity index (χ2n) is 16.3. The third kappa shape index (κ3) is 27.9. The van der Waals surface area contributed by atoms with Crippen molar-refractivity contribution in [2.75, 3.05) is 8.86 Å². The number of hydrogen-bond acceptors (Lipinski definition) is 15. The van der Waals surface area contributed by atoms with Crippen molar-refractivity contribution in [3.63, 3.8) is 0 Å². The summed E-state index contributed by atoms with van der Waals surface area (Å²) < 4.78 is 46.8. The Morgan fingerprint density at radius 1 is 0.630 bits per heavy atom. The van der Waals surface area contributed by atoms with Crippen LogP contribution >= 0.6 is 45.2 Å². The van der Waals surface area contributed by atoms with Crippen molar-refractivity contribution in [3.05, 3.63) is 12.7 Å². The summed E-state index contributed by atoms with van der Waals surface area (Å²) in [6, 6.07) is 0. The van der Waals surface area contributed by atoms with E-state index in [2.05, 4.69) is 51.8 Å². The van der Waals surface area contributed by atoms with Gasteiger partial charge in [-0.25, -0.2) is 14.4 Å². The molecule has 17 heteroatoms. The van der Waals surface area contributed by atoms with Crippen LogP contribution in [0.15, 0.2) is 12.7 Å². The van der Waals surface area contributed by atoms with E-state index in [1.807, 2.05) is 0 Å². The maximum Gasteiger partial charge on any atom is 0.509 e. The molecule has 0 aliphatic carbocycles. The maximum absolute atomic E-state index is 11.7. The molecule has 312 valence electrons. The van der Waals surface area contributed by atoms with E-state index in [1.54, 1.807) is 89.2 Å². The monoisotopic (exact) mass is 998 g/mol. The number of esters is 3. The Hall–Kier alpha value is -2.58. The predicted octanol–water partition coefficient (Wildman–Crippen LogP) is 8.51. The Labute approximate surface area is 347 Å². The van der Waals surface area contributed by atoms with Crippen molar-refractivity contribution < 1.29 is 71.4 Å². The molecule has 5 atom stereocenters. The van der Waals surface area contributed by atoms with E-state index >= 15 is 0 Å². The summed E-state index contributed by atoms with van der Waals surface area (Å²) in [5, 5.41) is 0. The van der Waals surface area contributed by atoms with Crippen LogP contribution in [0.3, 0.4) is 0 Å². The van der Waals surface area contributed by atoms with Gasteiger partial charge >= 0.3 is 36.4 Å². The van der Waals surface area contributed by atoms with E-state index < -0.39 is 65.2 Å². The largest absolute Gasteiger partial charge is 0.509 e. The molecular weight excluding hydrogens is 938 g/mol. The maximum atomic E-state index is 11.7. The zero-order chi connectivity index (χ0) is 42.1. The van der Waals surface area contributed by atoms with Gasteiger partial charge in [0.05, 0.1) is 19.3 Å². The molecule has 0 radical (unpaired) electrons. The van der Waals surface area contributed by atoms with Gasteiger partial charge in [0.15, 0.2) is 0 Å². The average molecular weight is 999 g/mol. The molecule has 0 aromatic carbocycles. The smallest absolute Gasteiger partial charge is 0.460 e. The van der Waals surface area contributed by atoms with Crippen LogP contribution in [0, 0.1) is 0 Å². The molecule has 15 nitrogen and oxygen atoms in total. The van der Waals surface area contributed by atoms with Crippen molar-refractivity contribution >= 4 is 81.6 Å². The minimum absolute atomic E-state index is 0.0253. The van der Waals surface area contributed by atoms with Crippen LogP contribution in [0.5, 0.6) is 0 Å². The van der Waals surface area contributed by atoms with E-state index in [4.69, 9.17) is 42.6 Å². The summed E-state index contributed by atoms with van der Waals surface area (Å²) in [5.41, 5.74) is -2.24. The summed E-state index contributed by atoms with van der Waals surface area (Å²) in [4.78, 5) is 68.7. The molecule has 0 bridgehead atoms. The Morgan fingerprint density at radius 2 is 0.963 bits per heavy atom. The van der Waals surface area contributed by atoms with Gasteiger partial charge in [0.2, 0.25) is 0 Å². The van der Waals surface area contributed by atoms with Gasteiger partial charge in [0.1, 0.15) is 52.9 Å². The summed E-state index contributed by atoms with van der Waals surface area (Å²) in [6.07, 6.45) is -0.908. The topological polar surface area (TPSA) is 185 Å². The predicted molar refractivity (Wildman–Crippen MR) is 215 cm³/mol. The second-order valence-corrected chi connectivity index (χ2v) is 18.1. The van der Waals surface area contributed by atoms with Crippen molar-refractivity contribution in [2.24, 2.45) is 0 Å². The van der Waals surface area contributed by atoms with Crippen LogP contribution in [-0.4, -0.2) is 98.2 Å². The Morgan fingerprint density at radius 3 is 1.28 bits per heavy atom. The standard InChI is InChI=1S/C15H26O5.2C11H17IO5/c1-8-9-11(10-12(16)19-14(2,3)4)18-13(17)20-15(5,6)7;2*1-11(2,3)17-9(13)5-7-4-8(6-12)16-10(14)15-7/h8,11H,1,9-10H2,2-7H3;2*7-8H,4-6H2,1-3H3/t11-;7-,8+;7-,8-/m111/s1. The Bertz CT molecular complexity index is 1150. The lowest BCUT2D eigenvalue weighted by molar-refractivity contribution is -0.160. The molecule has 0 N–H and O–H groups in total. The van der Waals surface area contributed by atoms with Gasteiger partial charge < -0.3 is 42.6 Å². The molecule has 0 unspecified atom stereocenters. The van der Waals surface area contributed by atoms with E-state index in [9.17, 15) is 28.8 Å². The number of carbonyl (C=O) groups is 6. The van der Waals surface area contributed by atoms with Crippen LogP contribution in [0.1, 0.15) is 122 Å². The van der Waals surface area contributed by atoms with Crippen molar-refractivity contribution in [1.29, 1.82) is 0 Å². The normalized spacial score (nSPS) is 20.6. The number of alkyl halides is 2. The van der Waals surface area contributed by atoms with Crippen LogP contribution < -0.4 is 0 Å². The number of ether oxygens (including phenoxy) is 9. The highest BCUT2D eigenvalue weighted by Crippen LogP contribution is 2.23. The van der Waals surface area contributed by atoms with Crippen molar-refractivity contribution in [2.45, 2.75) is 175 Å². The van der Waals surface area contributed by atoms with Gasteiger partial charge in [-0.2, -0.15) is 0 Å². The quantitative estimate of drug-likeness (QED) is 0.0630. The van der Waals surface area contributed by atoms with E-state index in [-0.39, 0.29) is 43.4 Å². The summed E-state index contributed by atoms with van der Waals surface area (Å²) >= 11 is 4.27. The molecule has 2 rings (SSSR count). The van der Waals surface area contributed by atoms with E-state index in [0.29, 0.717) is 28.1 Å².